The number of hydrazine groups is 1. The molecule has 3 heteroatoms. The number of hydrogen-bond acceptors (Lipinski definition) is 3. The van der Waals surface area contributed by atoms with Gasteiger partial charge in [-0.15, -0.1) is 0 Å². The van der Waals surface area contributed by atoms with Gasteiger partial charge in [0, 0.05) is 5.70 Å². The summed E-state index contributed by atoms with van der Waals surface area (Å²) in [5.74, 6) is 6.69. The molecule has 1 aromatic rings. The van der Waals surface area contributed by atoms with Gasteiger partial charge in [-0.3, -0.25) is 0 Å². The van der Waals surface area contributed by atoms with Crippen LogP contribution in [0.1, 0.15) is 18.9 Å². The van der Waals surface area contributed by atoms with Crippen molar-refractivity contribution in [2.75, 3.05) is 7.11 Å². The van der Waals surface area contributed by atoms with Crippen LogP contribution < -0.4 is 10.6 Å². The van der Waals surface area contributed by atoms with E-state index in [1.807, 2.05) is 31.2 Å². The minimum Gasteiger partial charge on any atom is -0.497 e. The highest BCUT2D eigenvalue weighted by molar-refractivity contribution is 5.27. The Morgan fingerprint density at radius 2 is 2.00 bits per heavy atom. The Bertz CT molecular complexity index is 319. The van der Waals surface area contributed by atoms with Crippen LogP contribution in [-0.4, -0.2) is 12.1 Å². The molecule has 3 nitrogen and oxygen atoms in total. The molecule has 0 heterocycles. The molecule has 2 N–H and O–H groups in total. The Morgan fingerprint density at radius 3 is 2.47 bits per heavy atom. The largest absolute Gasteiger partial charge is 0.497 e. The van der Waals surface area contributed by atoms with Gasteiger partial charge in [0.2, 0.25) is 0 Å². The van der Waals surface area contributed by atoms with Gasteiger partial charge in [-0.2, -0.15) is 0 Å². The lowest BCUT2D eigenvalue weighted by molar-refractivity contribution is 0.342. The van der Waals surface area contributed by atoms with Crippen LogP contribution in [0.4, 0.5) is 0 Å². The molecule has 82 valence electrons. The molecule has 0 saturated carbocycles. The van der Waals surface area contributed by atoms with Crippen molar-refractivity contribution in [1.29, 1.82) is 0 Å². The number of allylic oxidation sites excluding steroid dienone is 1. The Kier molecular flexibility index (Phi) is 4.18. The quantitative estimate of drug-likeness (QED) is 0.593. The second-order valence-corrected chi connectivity index (χ2v) is 3.40. The van der Waals surface area contributed by atoms with Crippen LogP contribution in [0.5, 0.6) is 5.75 Å². The number of nitrogens with two attached hydrogens (primary N) is 1. The van der Waals surface area contributed by atoms with Crippen LogP contribution in [0.2, 0.25) is 0 Å². The monoisotopic (exact) mass is 206 g/mol. The van der Waals surface area contributed by atoms with Crippen molar-refractivity contribution in [1.82, 2.24) is 5.01 Å². The first-order valence-corrected chi connectivity index (χ1v) is 5.00. The first-order chi connectivity index (χ1) is 7.17. The van der Waals surface area contributed by atoms with E-state index in [2.05, 4.69) is 6.58 Å². The number of ether oxygens (including phenoxy) is 1. The van der Waals surface area contributed by atoms with E-state index in [-0.39, 0.29) is 0 Å². The van der Waals surface area contributed by atoms with Crippen molar-refractivity contribution in [2.24, 2.45) is 5.84 Å². The van der Waals surface area contributed by atoms with Gasteiger partial charge in [0.1, 0.15) is 5.75 Å². The minimum absolute atomic E-state index is 0.677. The molecule has 0 amide bonds. The maximum atomic E-state index is 5.83. The fraction of sp³-hybridized carbons (Fsp3) is 0.333. The maximum absolute atomic E-state index is 5.83. The van der Waals surface area contributed by atoms with Gasteiger partial charge in [-0.05, 0) is 24.1 Å². The summed E-state index contributed by atoms with van der Waals surface area (Å²) in [7, 11) is 1.66. The Morgan fingerprint density at radius 1 is 1.40 bits per heavy atom. The molecule has 0 fully saturated rings. The molecule has 15 heavy (non-hydrogen) atoms. The Hall–Kier alpha value is -1.48. The van der Waals surface area contributed by atoms with Crippen LogP contribution >= 0.6 is 0 Å². The van der Waals surface area contributed by atoms with Crippen molar-refractivity contribution in [3.8, 4) is 5.75 Å². The third kappa shape index (κ3) is 3.29. The number of methoxy groups -OCH3 is 1. The van der Waals surface area contributed by atoms with Gasteiger partial charge in [-0.1, -0.05) is 25.6 Å². The zero-order valence-corrected chi connectivity index (χ0v) is 9.36. The molecule has 0 aliphatic carbocycles. The van der Waals surface area contributed by atoms with Gasteiger partial charge in [0.05, 0.1) is 13.7 Å². The summed E-state index contributed by atoms with van der Waals surface area (Å²) >= 11 is 0. The van der Waals surface area contributed by atoms with Crippen LogP contribution in [0, 0.1) is 0 Å². The molecule has 0 aliphatic rings. The molecule has 0 spiro atoms. The Balaban J connectivity index is 2.60. The normalized spacial score (nSPS) is 9.80. The van der Waals surface area contributed by atoms with Crippen LogP contribution in [0.25, 0.3) is 0 Å². The molecule has 0 saturated heterocycles. The zero-order valence-electron chi connectivity index (χ0n) is 9.36. The number of hydrogen-bond donors (Lipinski definition) is 1. The molecule has 0 unspecified atom stereocenters. The van der Waals surface area contributed by atoms with Crippen LogP contribution in [0.3, 0.4) is 0 Å². The van der Waals surface area contributed by atoms with E-state index in [4.69, 9.17) is 10.6 Å². The molecule has 0 bridgehead atoms. The van der Waals surface area contributed by atoms with Gasteiger partial charge in [-0.25, -0.2) is 5.84 Å². The first kappa shape index (κ1) is 11.6. The average molecular weight is 206 g/mol. The highest BCUT2D eigenvalue weighted by Gasteiger charge is 2.02. The lowest BCUT2D eigenvalue weighted by Crippen LogP contribution is -2.28. The molecule has 0 radical (unpaired) electrons. The van der Waals surface area contributed by atoms with Crippen molar-refractivity contribution in [3.63, 3.8) is 0 Å². The predicted octanol–water partition coefficient (Wildman–Crippen LogP) is 2.29. The van der Waals surface area contributed by atoms with E-state index in [0.29, 0.717) is 6.54 Å². The fourth-order valence-electron chi connectivity index (χ4n) is 1.24. The van der Waals surface area contributed by atoms with E-state index >= 15 is 0 Å². The van der Waals surface area contributed by atoms with Gasteiger partial charge < -0.3 is 9.75 Å². The van der Waals surface area contributed by atoms with Crippen molar-refractivity contribution < 1.29 is 4.74 Å². The van der Waals surface area contributed by atoms with Gasteiger partial charge >= 0.3 is 0 Å². The molecule has 1 rings (SSSR count). The van der Waals surface area contributed by atoms with E-state index < -0.39 is 0 Å². The van der Waals surface area contributed by atoms with E-state index in [9.17, 15) is 0 Å². The summed E-state index contributed by atoms with van der Waals surface area (Å²) < 4.78 is 5.08. The van der Waals surface area contributed by atoms with Crippen molar-refractivity contribution >= 4 is 0 Å². The predicted molar refractivity (Wildman–Crippen MR) is 62.2 cm³/mol. The SMILES string of the molecule is C=C(CC)N(N)Cc1ccc(OC)cc1. The van der Waals surface area contributed by atoms with Gasteiger partial charge in [0.25, 0.3) is 0 Å². The van der Waals surface area contributed by atoms with Crippen LogP contribution in [-0.2, 0) is 6.54 Å². The highest BCUT2D eigenvalue weighted by atomic mass is 16.5. The lowest BCUT2D eigenvalue weighted by Gasteiger charge is -2.20. The second-order valence-electron chi connectivity index (χ2n) is 3.40. The zero-order chi connectivity index (χ0) is 11.3. The average Bonchev–Trinajstić information content (AvgIpc) is 2.29. The molecular weight excluding hydrogens is 188 g/mol. The molecule has 0 aromatic heterocycles. The summed E-state index contributed by atoms with van der Waals surface area (Å²) in [6.07, 6.45) is 0.868. The lowest BCUT2D eigenvalue weighted by atomic mass is 10.2. The summed E-state index contributed by atoms with van der Waals surface area (Å²) in [5.41, 5.74) is 2.08. The summed E-state index contributed by atoms with van der Waals surface area (Å²) in [5, 5.41) is 1.67. The number of benzene rings is 1. The summed E-state index contributed by atoms with van der Waals surface area (Å²) in [6.45, 7) is 6.59. The summed E-state index contributed by atoms with van der Waals surface area (Å²) in [4.78, 5) is 0. The second kappa shape index (κ2) is 5.41. The number of rotatable bonds is 5. The first-order valence-electron chi connectivity index (χ1n) is 5.00. The van der Waals surface area contributed by atoms with E-state index in [0.717, 1.165) is 23.4 Å². The topological polar surface area (TPSA) is 38.5 Å². The molecule has 0 atom stereocenters. The fourth-order valence-corrected chi connectivity index (χ4v) is 1.24. The molecule has 1 aromatic carbocycles. The van der Waals surface area contributed by atoms with Crippen molar-refractivity contribution in [2.45, 2.75) is 19.9 Å². The van der Waals surface area contributed by atoms with E-state index in [1.165, 1.54) is 0 Å². The smallest absolute Gasteiger partial charge is 0.118 e. The van der Waals surface area contributed by atoms with E-state index in [1.54, 1.807) is 12.1 Å². The summed E-state index contributed by atoms with van der Waals surface area (Å²) in [6, 6.07) is 7.86. The third-order valence-electron chi connectivity index (χ3n) is 2.33. The minimum atomic E-state index is 0.677. The van der Waals surface area contributed by atoms with Crippen molar-refractivity contribution in [3.05, 3.63) is 42.1 Å². The van der Waals surface area contributed by atoms with Crippen LogP contribution in [0.15, 0.2) is 36.5 Å². The molecule has 0 aliphatic heterocycles. The van der Waals surface area contributed by atoms with Gasteiger partial charge in [0.15, 0.2) is 0 Å². The molecular formula is C12H18N2O. The maximum Gasteiger partial charge on any atom is 0.118 e. The third-order valence-corrected chi connectivity index (χ3v) is 2.33. The highest BCUT2D eigenvalue weighted by Crippen LogP contribution is 2.13. The number of nitrogens with zero attached hydrogens (tertiary/aromatic N) is 1. The Labute approximate surface area is 91.1 Å². The standard InChI is InChI=1S/C12H18N2O/c1-4-10(2)14(13)9-11-5-7-12(15-3)8-6-11/h5-8H,2,4,9,13H2,1,3H3.